The van der Waals surface area contributed by atoms with Gasteiger partial charge in [-0.1, -0.05) is 41.4 Å². The van der Waals surface area contributed by atoms with Gasteiger partial charge in [-0.05, 0) is 6.07 Å². The summed E-state index contributed by atoms with van der Waals surface area (Å²) >= 11 is 13.8. The SMILES string of the molecule is Clc1nc2c(Cl)c3c(cc2s1)oc1ccccc13. The van der Waals surface area contributed by atoms with E-state index in [0.29, 0.717) is 9.49 Å². The first-order valence-electron chi connectivity index (χ1n) is 5.30. The highest BCUT2D eigenvalue weighted by atomic mass is 35.5. The van der Waals surface area contributed by atoms with Gasteiger partial charge in [0.05, 0.1) is 9.72 Å². The van der Waals surface area contributed by atoms with E-state index in [1.165, 1.54) is 11.3 Å². The second-order valence-corrected chi connectivity index (χ2v) is 5.97. The molecule has 0 spiro atoms. The van der Waals surface area contributed by atoms with Crippen LogP contribution in [-0.4, -0.2) is 4.98 Å². The summed E-state index contributed by atoms with van der Waals surface area (Å²) in [5, 5.41) is 2.51. The molecule has 0 aliphatic rings. The monoisotopic (exact) mass is 293 g/mol. The fourth-order valence-corrected chi connectivity index (χ4v) is 3.65. The van der Waals surface area contributed by atoms with Crippen molar-refractivity contribution in [2.45, 2.75) is 0 Å². The van der Waals surface area contributed by atoms with Crippen molar-refractivity contribution in [3.8, 4) is 0 Å². The van der Waals surface area contributed by atoms with Gasteiger partial charge in [0, 0.05) is 16.8 Å². The van der Waals surface area contributed by atoms with E-state index < -0.39 is 0 Å². The summed E-state index contributed by atoms with van der Waals surface area (Å²) < 4.78 is 7.23. The minimum Gasteiger partial charge on any atom is -0.456 e. The van der Waals surface area contributed by atoms with E-state index in [1.54, 1.807) is 0 Å². The molecule has 88 valence electrons. The molecule has 0 unspecified atom stereocenters. The van der Waals surface area contributed by atoms with Crippen molar-refractivity contribution in [1.29, 1.82) is 0 Å². The Bertz CT molecular complexity index is 909. The van der Waals surface area contributed by atoms with Gasteiger partial charge in [-0.25, -0.2) is 4.98 Å². The molecule has 0 N–H and O–H groups in total. The zero-order valence-corrected chi connectivity index (χ0v) is 11.2. The summed E-state index contributed by atoms with van der Waals surface area (Å²) in [6.07, 6.45) is 0. The lowest BCUT2D eigenvalue weighted by Gasteiger charge is -1.95. The molecule has 4 aromatic rings. The Hall–Kier alpha value is -1.29. The maximum absolute atomic E-state index is 6.43. The van der Waals surface area contributed by atoms with Gasteiger partial charge in [0.1, 0.15) is 16.7 Å². The predicted molar refractivity (Wildman–Crippen MR) is 76.9 cm³/mol. The number of para-hydroxylation sites is 1. The number of nitrogens with zero attached hydrogens (tertiary/aromatic N) is 1. The smallest absolute Gasteiger partial charge is 0.184 e. The number of halogens is 2. The average molecular weight is 294 g/mol. The molecule has 5 heteroatoms. The molecule has 2 heterocycles. The topological polar surface area (TPSA) is 26.0 Å². The Balaban J connectivity index is 2.32. The van der Waals surface area contributed by atoms with E-state index in [4.69, 9.17) is 27.6 Å². The molecular formula is C13H5Cl2NOS. The Morgan fingerprint density at radius 1 is 1.11 bits per heavy atom. The Kier molecular flexibility index (Phi) is 2.13. The maximum Gasteiger partial charge on any atom is 0.184 e. The van der Waals surface area contributed by atoms with Gasteiger partial charge in [0.2, 0.25) is 0 Å². The third-order valence-corrected chi connectivity index (χ3v) is 4.41. The molecule has 0 aliphatic carbocycles. The number of aromatic nitrogens is 1. The second-order valence-electron chi connectivity index (χ2n) is 3.98. The number of hydrogen-bond acceptors (Lipinski definition) is 3. The van der Waals surface area contributed by atoms with Gasteiger partial charge in [-0.3, -0.25) is 0 Å². The normalized spacial score (nSPS) is 11.9. The summed E-state index contributed by atoms with van der Waals surface area (Å²) in [4.78, 5) is 4.26. The van der Waals surface area contributed by atoms with Crippen molar-refractivity contribution >= 4 is 66.7 Å². The molecule has 18 heavy (non-hydrogen) atoms. The van der Waals surface area contributed by atoms with Gasteiger partial charge in [-0.2, -0.15) is 0 Å². The van der Waals surface area contributed by atoms with E-state index >= 15 is 0 Å². The van der Waals surface area contributed by atoms with Gasteiger partial charge in [0.25, 0.3) is 0 Å². The summed E-state index contributed by atoms with van der Waals surface area (Å²) in [7, 11) is 0. The van der Waals surface area contributed by atoms with Crippen LogP contribution in [0.3, 0.4) is 0 Å². The molecule has 4 rings (SSSR count). The summed E-state index contributed by atoms with van der Waals surface area (Å²) in [5.74, 6) is 0. The number of furan rings is 1. The molecule has 0 saturated heterocycles. The lowest BCUT2D eigenvalue weighted by atomic mass is 10.1. The van der Waals surface area contributed by atoms with Gasteiger partial charge >= 0.3 is 0 Å². The fourth-order valence-electron chi connectivity index (χ4n) is 2.19. The van der Waals surface area contributed by atoms with Gasteiger partial charge < -0.3 is 4.42 Å². The van der Waals surface area contributed by atoms with E-state index in [2.05, 4.69) is 4.98 Å². The summed E-state index contributed by atoms with van der Waals surface area (Å²) in [6, 6.07) is 9.77. The number of benzene rings is 2. The van der Waals surface area contributed by atoms with Crippen molar-refractivity contribution in [1.82, 2.24) is 4.98 Å². The fraction of sp³-hybridized carbons (Fsp3) is 0. The largest absolute Gasteiger partial charge is 0.456 e. The lowest BCUT2D eigenvalue weighted by Crippen LogP contribution is -1.73. The van der Waals surface area contributed by atoms with Crippen LogP contribution in [0.4, 0.5) is 0 Å². The minimum absolute atomic E-state index is 0.490. The van der Waals surface area contributed by atoms with Crippen molar-refractivity contribution in [3.05, 3.63) is 39.8 Å². The highest BCUT2D eigenvalue weighted by molar-refractivity contribution is 7.22. The van der Waals surface area contributed by atoms with Crippen molar-refractivity contribution in [3.63, 3.8) is 0 Å². The molecule has 0 radical (unpaired) electrons. The predicted octanol–water partition coefficient (Wildman–Crippen LogP) is 5.50. The first kappa shape index (κ1) is 10.6. The molecule has 0 aliphatic heterocycles. The van der Waals surface area contributed by atoms with E-state index in [-0.39, 0.29) is 0 Å². The van der Waals surface area contributed by atoms with Crippen LogP contribution < -0.4 is 0 Å². The van der Waals surface area contributed by atoms with Crippen LogP contribution in [0.5, 0.6) is 0 Å². The van der Waals surface area contributed by atoms with E-state index in [1.807, 2.05) is 30.3 Å². The first-order valence-corrected chi connectivity index (χ1v) is 6.87. The van der Waals surface area contributed by atoms with E-state index in [9.17, 15) is 0 Å². The summed E-state index contributed by atoms with van der Waals surface area (Å²) in [6.45, 7) is 0. The number of rotatable bonds is 0. The summed E-state index contributed by atoms with van der Waals surface area (Å²) in [5.41, 5.74) is 2.35. The van der Waals surface area contributed by atoms with Crippen molar-refractivity contribution in [2.75, 3.05) is 0 Å². The molecule has 0 atom stereocenters. The van der Waals surface area contributed by atoms with Crippen LogP contribution in [0, 0.1) is 0 Å². The number of thiazole rings is 1. The first-order chi connectivity index (χ1) is 8.74. The lowest BCUT2D eigenvalue weighted by molar-refractivity contribution is 0.669. The molecule has 2 aromatic carbocycles. The number of hydrogen-bond donors (Lipinski definition) is 0. The Labute approximate surface area is 116 Å². The van der Waals surface area contributed by atoms with Crippen LogP contribution in [0.25, 0.3) is 32.2 Å². The zero-order chi connectivity index (χ0) is 12.3. The number of fused-ring (bicyclic) bond motifs is 4. The molecule has 2 nitrogen and oxygen atoms in total. The average Bonchev–Trinajstić information content (AvgIpc) is 2.89. The minimum atomic E-state index is 0.490. The quantitative estimate of drug-likeness (QED) is 0.428. The highest BCUT2D eigenvalue weighted by Crippen LogP contribution is 2.40. The third-order valence-electron chi connectivity index (χ3n) is 2.94. The van der Waals surface area contributed by atoms with Crippen LogP contribution in [-0.2, 0) is 0 Å². The van der Waals surface area contributed by atoms with Crippen LogP contribution in [0.15, 0.2) is 34.7 Å². The van der Waals surface area contributed by atoms with Gasteiger partial charge in [-0.15, -0.1) is 11.3 Å². The molecule has 0 fully saturated rings. The second kappa shape index (κ2) is 3.60. The Morgan fingerprint density at radius 2 is 1.94 bits per heavy atom. The van der Waals surface area contributed by atoms with Crippen LogP contribution >= 0.6 is 34.5 Å². The maximum atomic E-state index is 6.43. The van der Waals surface area contributed by atoms with E-state index in [0.717, 1.165) is 32.2 Å². The van der Waals surface area contributed by atoms with Crippen LogP contribution in [0.2, 0.25) is 9.49 Å². The Morgan fingerprint density at radius 3 is 2.83 bits per heavy atom. The molecular weight excluding hydrogens is 289 g/mol. The van der Waals surface area contributed by atoms with Crippen LogP contribution in [0.1, 0.15) is 0 Å². The molecule has 0 amide bonds. The van der Waals surface area contributed by atoms with Gasteiger partial charge in [0.15, 0.2) is 4.47 Å². The van der Waals surface area contributed by atoms with Crippen molar-refractivity contribution in [2.24, 2.45) is 0 Å². The standard InChI is InChI=1S/C13H5Cl2NOS/c14-11-10-6-3-1-2-4-7(6)17-8(10)5-9-12(11)16-13(15)18-9/h1-5H. The highest BCUT2D eigenvalue weighted by Gasteiger charge is 2.16. The van der Waals surface area contributed by atoms with Crippen molar-refractivity contribution < 1.29 is 4.42 Å². The molecule has 2 aromatic heterocycles. The molecule has 0 saturated carbocycles. The zero-order valence-electron chi connectivity index (χ0n) is 8.91. The molecule has 0 bridgehead atoms. The third kappa shape index (κ3) is 1.32.